The molecule has 0 atom stereocenters. The van der Waals surface area contributed by atoms with Gasteiger partial charge in [-0.3, -0.25) is 14.9 Å². The van der Waals surface area contributed by atoms with E-state index in [1.54, 1.807) is 18.2 Å². The number of non-ortho nitro benzene ring substituents is 1. The highest BCUT2D eigenvalue weighted by molar-refractivity contribution is 7.89. The molecule has 0 unspecified atom stereocenters. The van der Waals surface area contributed by atoms with Crippen molar-refractivity contribution in [1.82, 2.24) is 19.0 Å². The molecule has 0 aliphatic carbocycles. The normalized spacial score (nSPS) is 15.3. The van der Waals surface area contributed by atoms with Crippen molar-refractivity contribution >= 4 is 27.3 Å². The summed E-state index contributed by atoms with van der Waals surface area (Å²) in [6.07, 6.45) is 1.52. The number of hydrogen-bond donors (Lipinski definition) is 1. The largest absolute Gasteiger partial charge is 0.321 e. The zero-order valence-corrected chi connectivity index (χ0v) is 18.6. The van der Waals surface area contributed by atoms with Crippen molar-refractivity contribution in [1.29, 1.82) is 0 Å². The molecule has 2 heterocycles. The molecule has 1 aromatic heterocycles. The molecule has 3 aromatic rings. The SMILES string of the molecule is CN1CCN(S(=O)(=O)c2cccc(NC(=O)c3ccn(-c4cccc([N+](=O)[O-])c4)n3)c2)CC1. The van der Waals surface area contributed by atoms with Gasteiger partial charge >= 0.3 is 0 Å². The molecule has 1 amide bonds. The molecule has 0 spiro atoms. The number of nitrogens with zero attached hydrogens (tertiary/aromatic N) is 5. The lowest BCUT2D eigenvalue weighted by atomic mass is 10.3. The number of anilines is 1. The molecule has 4 rings (SSSR count). The highest BCUT2D eigenvalue weighted by Crippen LogP contribution is 2.21. The highest BCUT2D eigenvalue weighted by atomic mass is 32.2. The van der Waals surface area contributed by atoms with Gasteiger partial charge in [0.15, 0.2) is 5.69 Å². The van der Waals surface area contributed by atoms with Gasteiger partial charge in [0.2, 0.25) is 10.0 Å². The Morgan fingerprint density at radius 1 is 1.06 bits per heavy atom. The minimum atomic E-state index is -3.67. The fourth-order valence-electron chi connectivity index (χ4n) is 3.44. The number of rotatable bonds is 6. The van der Waals surface area contributed by atoms with Crippen LogP contribution < -0.4 is 5.32 Å². The molecule has 33 heavy (non-hydrogen) atoms. The molecule has 0 radical (unpaired) electrons. The summed E-state index contributed by atoms with van der Waals surface area (Å²) in [5.74, 6) is -0.534. The van der Waals surface area contributed by atoms with E-state index < -0.39 is 20.9 Å². The van der Waals surface area contributed by atoms with Crippen LogP contribution in [0.15, 0.2) is 65.7 Å². The van der Waals surface area contributed by atoms with Crippen LogP contribution in [0.4, 0.5) is 11.4 Å². The van der Waals surface area contributed by atoms with E-state index in [0.29, 0.717) is 37.6 Å². The Hall–Kier alpha value is -3.61. The Kier molecular flexibility index (Phi) is 6.22. The third-order valence-electron chi connectivity index (χ3n) is 5.32. The van der Waals surface area contributed by atoms with E-state index in [0.717, 1.165) is 0 Å². The number of amides is 1. The third kappa shape index (κ3) is 4.92. The number of nitro groups is 1. The first-order valence-corrected chi connectivity index (χ1v) is 11.6. The molecule has 1 saturated heterocycles. The number of aromatic nitrogens is 2. The molecule has 172 valence electrons. The van der Waals surface area contributed by atoms with Gasteiger partial charge in [-0.1, -0.05) is 12.1 Å². The van der Waals surface area contributed by atoms with Crippen LogP contribution in [-0.4, -0.2) is 71.5 Å². The van der Waals surface area contributed by atoms with Crippen LogP contribution in [-0.2, 0) is 10.0 Å². The van der Waals surface area contributed by atoms with Crippen LogP contribution in [0.3, 0.4) is 0 Å². The summed E-state index contributed by atoms with van der Waals surface area (Å²) >= 11 is 0. The summed E-state index contributed by atoms with van der Waals surface area (Å²) in [4.78, 5) is 25.3. The lowest BCUT2D eigenvalue weighted by Gasteiger charge is -2.31. The Bertz CT molecular complexity index is 1300. The van der Waals surface area contributed by atoms with Crippen molar-refractivity contribution < 1.29 is 18.1 Å². The molecule has 1 aliphatic heterocycles. The second-order valence-corrected chi connectivity index (χ2v) is 9.55. The Morgan fingerprint density at radius 3 is 2.52 bits per heavy atom. The van der Waals surface area contributed by atoms with E-state index in [1.807, 2.05) is 7.05 Å². The van der Waals surface area contributed by atoms with Crippen LogP contribution in [0.1, 0.15) is 10.5 Å². The smallest absolute Gasteiger partial charge is 0.276 e. The van der Waals surface area contributed by atoms with E-state index >= 15 is 0 Å². The summed E-state index contributed by atoms with van der Waals surface area (Å²) in [5.41, 5.74) is 0.741. The topological polar surface area (TPSA) is 131 Å². The standard InChI is InChI=1S/C21H22N6O5S/c1-24-10-12-25(13-11-24)33(31,32)19-7-2-4-16(14-19)22-21(28)20-8-9-26(23-20)17-5-3-6-18(15-17)27(29)30/h2-9,14-15H,10-13H2,1H3,(H,22,28). The van der Waals surface area contributed by atoms with Crippen molar-refractivity contribution in [3.63, 3.8) is 0 Å². The Morgan fingerprint density at radius 2 is 1.79 bits per heavy atom. The quantitative estimate of drug-likeness (QED) is 0.430. The van der Waals surface area contributed by atoms with Crippen LogP contribution in [0, 0.1) is 10.1 Å². The second kappa shape index (κ2) is 9.10. The summed E-state index contributed by atoms with van der Waals surface area (Å²) in [7, 11) is -1.73. The van der Waals surface area contributed by atoms with Gasteiger partial charge in [0, 0.05) is 50.2 Å². The highest BCUT2D eigenvalue weighted by Gasteiger charge is 2.27. The first kappa shape index (κ1) is 22.6. The molecule has 0 bridgehead atoms. The summed E-state index contributed by atoms with van der Waals surface area (Å²) in [5, 5.41) is 17.8. The minimum absolute atomic E-state index is 0.0776. The number of hydrogen-bond acceptors (Lipinski definition) is 7. The van der Waals surface area contributed by atoms with E-state index in [4.69, 9.17) is 0 Å². The summed E-state index contributed by atoms with van der Waals surface area (Å²) in [6.45, 7) is 2.13. The molecule has 1 fully saturated rings. The first-order valence-electron chi connectivity index (χ1n) is 10.1. The lowest BCUT2D eigenvalue weighted by molar-refractivity contribution is -0.384. The Labute approximate surface area is 190 Å². The van der Waals surface area contributed by atoms with Gasteiger partial charge in [-0.2, -0.15) is 9.40 Å². The average Bonchev–Trinajstić information content (AvgIpc) is 3.30. The van der Waals surface area contributed by atoms with Crippen LogP contribution in [0.25, 0.3) is 5.69 Å². The zero-order valence-electron chi connectivity index (χ0n) is 17.8. The van der Waals surface area contributed by atoms with Crippen molar-refractivity contribution in [3.05, 3.63) is 76.6 Å². The van der Waals surface area contributed by atoms with E-state index in [2.05, 4.69) is 15.3 Å². The number of piperazine rings is 1. The monoisotopic (exact) mass is 470 g/mol. The summed E-state index contributed by atoms with van der Waals surface area (Å²) < 4.78 is 28.7. The van der Waals surface area contributed by atoms with Crippen molar-refractivity contribution in [3.8, 4) is 5.69 Å². The fraction of sp³-hybridized carbons (Fsp3) is 0.238. The van der Waals surface area contributed by atoms with Gasteiger partial charge in [-0.05, 0) is 37.4 Å². The summed E-state index contributed by atoms with van der Waals surface area (Å²) in [6, 6.07) is 13.4. The van der Waals surface area contributed by atoms with Crippen molar-refractivity contribution in [2.24, 2.45) is 0 Å². The Balaban J connectivity index is 1.50. The molecule has 1 aliphatic rings. The number of likely N-dealkylation sites (N-methyl/N-ethyl adjacent to an activating group) is 1. The molecule has 12 heteroatoms. The van der Waals surface area contributed by atoms with Crippen LogP contribution in [0.2, 0.25) is 0 Å². The first-order chi connectivity index (χ1) is 15.7. The van der Waals surface area contributed by atoms with Gasteiger partial charge in [0.25, 0.3) is 11.6 Å². The zero-order chi connectivity index (χ0) is 23.6. The van der Waals surface area contributed by atoms with Gasteiger partial charge in [0.05, 0.1) is 15.5 Å². The molecule has 0 saturated carbocycles. The van der Waals surface area contributed by atoms with Gasteiger partial charge in [-0.25, -0.2) is 13.1 Å². The fourth-order valence-corrected chi connectivity index (χ4v) is 4.91. The van der Waals surface area contributed by atoms with Gasteiger partial charge in [0.1, 0.15) is 0 Å². The average molecular weight is 471 g/mol. The number of carbonyl (C=O) groups excluding carboxylic acids is 1. The molecule has 2 aromatic carbocycles. The number of sulfonamides is 1. The van der Waals surface area contributed by atoms with Crippen molar-refractivity contribution in [2.45, 2.75) is 4.90 Å². The van der Waals surface area contributed by atoms with E-state index in [-0.39, 0.29) is 16.3 Å². The number of benzene rings is 2. The van der Waals surface area contributed by atoms with Gasteiger partial charge in [-0.15, -0.1) is 0 Å². The van der Waals surface area contributed by atoms with Crippen LogP contribution >= 0.6 is 0 Å². The molecular formula is C21H22N6O5S. The predicted octanol–water partition coefficient (Wildman–Crippen LogP) is 1.97. The maximum Gasteiger partial charge on any atom is 0.276 e. The molecule has 11 nitrogen and oxygen atoms in total. The number of nitro benzene ring substituents is 1. The lowest BCUT2D eigenvalue weighted by Crippen LogP contribution is -2.47. The maximum absolute atomic E-state index is 13.0. The van der Waals surface area contributed by atoms with Gasteiger partial charge < -0.3 is 10.2 Å². The number of carbonyl (C=O) groups is 1. The third-order valence-corrected chi connectivity index (χ3v) is 7.21. The van der Waals surface area contributed by atoms with Crippen molar-refractivity contribution in [2.75, 3.05) is 38.5 Å². The second-order valence-electron chi connectivity index (χ2n) is 7.61. The van der Waals surface area contributed by atoms with E-state index in [9.17, 15) is 23.3 Å². The maximum atomic E-state index is 13.0. The molecule has 1 N–H and O–H groups in total. The van der Waals surface area contributed by atoms with E-state index in [1.165, 1.54) is 51.6 Å². The number of nitrogens with one attached hydrogen (secondary N) is 1. The molecular weight excluding hydrogens is 448 g/mol. The predicted molar refractivity (Wildman–Crippen MR) is 121 cm³/mol. The minimum Gasteiger partial charge on any atom is -0.321 e. The van der Waals surface area contributed by atoms with Crippen LogP contribution in [0.5, 0.6) is 0 Å².